The van der Waals surface area contributed by atoms with Crippen LogP contribution < -0.4 is 5.73 Å². The van der Waals surface area contributed by atoms with Crippen LogP contribution in [0, 0.1) is 0 Å². The normalized spacial score (nSPS) is 15.1. The summed E-state index contributed by atoms with van der Waals surface area (Å²) in [5.41, 5.74) is 6.27. The van der Waals surface area contributed by atoms with Gasteiger partial charge in [-0.05, 0) is 54.7 Å². The van der Waals surface area contributed by atoms with Gasteiger partial charge in [0.1, 0.15) is 11.3 Å². The lowest BCUT2D eigenvalue weighted by Crippen LogP contribution is -2.19. The van der Waals surface area contributed by atoms with E-state index in [1.807, 2.05) is 0 Å². The van der Waals surface area contributed by atoms with E-state index in [1.165, 1.54) is 6.07 Å². The second-order valence-corrected chi connectivity index (χ2v) is 6.65. The maximum absolute atomic E-state index is 13.0. The summed E-state index contributed by atoms with van der Waals surface area (Å²) in [5.74, 6) is -1.07. The van der Waals surface area contributed by atoms with E-state index in [4.69, 9.17) is 10.2 Å². The lowest BCUT2D eigenvalue weighted by molar-refractivity contribution is -0.137. The Hall–Kier alpha value is -3.03. The van der Waals surface area contributed by atoms with E-state index in [-0.39, 0.29) is 17.4 Å². The number of fused-ring (bicyclic) bond motifs is 1. The zero-order valence-corrected chi connectivity index (χ0v) is 14.0. The third-order valence-electron chi connectivity index (χ3n) is 4.87. The van der Waals surface area contributed by atoms with Crippen molar-refractivity contribution in [1.29, 1.82) is 0 Å². The van der Waals surface area contributed by atoms with Gasteiger partial charge in [0, 0.05) is 11.1 Å². The van der Waals surface area contributed by atoms with Gasteiger partial charge < -0.3 is 15.3 Å². The highest BCUT2D eigenvalue weighted by Gasteiger charge is 2.32. The Morgan fingerprint density at radius 1 is 1.22 bits per heavy atom. The van der Waals surface area contributed by atoms with E-state index in [9.17, 15) is 23.1 Å². The quantitative estimate of drug-likeness (QED) is 0.700. The van der Waals surface area contributed by atoms with E-state index in [0.717, 1.165) is 31.4 Å². The summed E-state index contributed by atoms with van der Waals surface area (Å²) in [6.07, 6.45) is -1.83. The smallest absolute Gasteiger partial charge is 0.416 e. The molecule has 140 valence electrons. The van der Waals surface area contributed by atoms with Gasteiger partial charge in [-0.15, -0.1) is 0 Å². The van der Waals surface area contributed by atoms with Crippen molar-refractivity contribution in [2.24, 2.45) is 5.73 Å². The zero-order valence-electron chi connectivity index (χ0n) is 14.0. The van der Waals surface area contributed by atoms with E-state index >= 15 is 0 Å². The first-order valence-electron chi connectivity index (χ1n) is 8.39. The topological polar surface area (TPSA) is 89.4 Å². The third kappa shape index (κ3) is 3.01. The van der Waals surface area contributed by atoms with Crippen molar-refractivity contribution in [3.05, 3.63) is 47.0 Å². The number of alkyl halides is 3. The highest BCUT2D eigenvalue weighted by atomic mass is 19.4. The largest absolute Gasteiger partial charge is 0.508 e. The van der Waals surface area contributed by atoms with Gasteiger partial charge in [-0.2, -0.15) is 13.2 Å². The van der Waals surface area contributed by atoms with E-state index < -0.39 is 23.4 Å². The van der Waals surface area contributed by atoms with Gasteiger partial charge in [-0.1, -0.05) is 6.42 Å². The maximum Gasteiger partial charge on any atom is 0.416 e. The number of rotatable bonds is 3. The fourth-order valence-electron chi connectivity index (χ4n) is 3.36. The molecule has 0 aliphatic heterocycles. The Kier molecular flexibility index (Phi) is 3.87. The summed E-state index contributed by atoms with van der Waals surface area (Å²) >= 11 is 0. The highest BCUT2D eigenvalue weighted by Crippen LogP contribution is 2.42. The Morgan fingerprint density at radius 3 is 2.56 bits per heavy atom. The van der Waals surface area contributed by atoms with Crippen LogP contribution in [-0.4, -0.2) is 16.0 Å². The minimum atomic E-state index is -4.62. The van der Waals surface area contributed by atoms with Crippen molar-refractivity contribution in [2.45, 2.75) is 31.4 Å². The number of aromatic hydroxyl groups is 1. The summed E-state index contributed by atoms with van der Waals surface area (Å²) < 4.78 is 44.7. The van der Waals surface area contributed by atoms with Crippen molar-refractivity contribution in [2.75, 3.05) is 0 Å². The molecule has 0 unspecified atom stereocenters. The fraction of sp³-hybridized carbons (Fsp3) is 0.263. The first kappa shape index (κ1) is 17.4. The molecule has 27 heavy (non-hydrogen) atoms. The molecule has 1 aliphatic carbocycles. The highest BCUT2D eigenvalue weighted by molar-refractivity contribution is 5.99. The zero-order chi connectivity index (χ0) is 19.3. The second kappa shape index (κ2) is 6.00. The summed E-state index contributed by atoms with van der Waals surface area (Å²) in [7, 11) is 0. The number of phenolic OH excluding ortho intramolecular Hbond substituents is 1. The van der Waals surface area contributed by atoms with E-state index in [2.05, 4.69) is 4.98 Å². The first-order valence-corrected chi connectivity index (χ1v) is 8.39. The molecule has 3 aromatic rings. The number of carbonyl (C=O) groups excluding carboxylic acids is 1. The molecular formula is C19H15F3N2O3. The number of nitrogens with two attached hydrogens (primary N) is 1. The van der Waals surface area contributed by atoms with E-state index in [0.29, 0.717) is 28.3 Å². The molecule has 1 fully saturated rings. The number of carbonyl (C=O) groups is 1. The molecule has 1 saturated carbocycles. The van der Waals surface area contributed by atoms with Crippen molar-refractivity contribution in [1.82, 2.24) is 4.98 Å². The molecule has 3 N–H and O–H groups in total. The van der Waals surface area contributed by atoms with Crippen LogP contribution in [0.2, 0.25) is 0 Å². The minimum absolute atomic E-state index is 0.00119. The lowest BCUT2D eigenvalue weighted by atomic mass is 9.77. The molecule has 1 heterocycles. The Bertz CT molecular complexity index is 1050. The number of phenols is 1. The maximum atomic E-state index is 13.0. The summed E-state index contributed by atoms with van der Waals surface area (Å²) in [5, 5.41) is 9.67. The summed E-state index contributed by atoms with van der Waals surface area (Å²) in [6, 6.07) is 5.73. The monoisotopic (exact) mass is 376 g/mol. The standard InChI is InChI=1S/C19H15F3N2O3/c20-19(21,22)11-6-10(7-12(25)8-11)18-24-16-14(27-18)5-4-13(17(23)26)15(16)9-2-1-3-9/h4-9,25H,1-3H2,(H2,23,26). The van der Waals surface area contributed by atoms with Gasteiger partial charge in [0.2, 0.25) is 11.8 Å². The van der Waals surface area contributed by atoms with Crippen molar-refractivity contribution in [3.63, 3.8) is 0 Å². The van der Waals surface area contributed by atoms with Crippen LogP contribution in [-0.2, 0) is 6.18 Å². The fourth-order valence-corrected chi connectivity index (χ4v) is 3.36. The van der Waals surface area contributed by atoms with Gasteiger partial charge in [-0.25, -0.2) is 4.98 Å². The molecule has 0 spiro atoms. The average Bonchev–Trinajstić information content (AvgIpc) is 2.96. The SMILES string of the molecule is NC(=O)c1ccc2oc(-c3cc(O)cc(C(F)(F)F)c3)nc2c1C1CCC1. The van der Waals surface area contributed by atoms with Gasteiger partial charge in [0.05, 0.1) is 5.56 Å². The molecule has 0 atom stereocenters. The van der Waals surface area contributed by atoms with Crippen LogP contribution in [0.25, 0.3) is 22.6 Å². The second-order valence-electron chi connectivity index (χ2n) is 6.65. The predicted octanol–water partition coefficient (Wildman–Crippen LogP) is 4.59. The van der Waals surface area contributed by atoms with Crippen LogP contribution in [0.1, 0.15) is 46.7 Å². The van der Waals surface area contributed by atoms with Gasteiger partial charge in [-0.3, -0.25) is 4.79 Å². The number of hydrogen-bond donors (Lipinski definition) is 2. The molecule has 5 nitrogen and oxygen atoms in total. The predicted molar refractivity (Wildman–Crippen MR) is 91.2 cm³/mol. The van der Waals surface area contributed by atoms with Gasteiger partial charge >= 0.3 is 6.18 Å². The number of nitrogens with zero attached hydrogens (tertiary/aromatic N) is 1. The third-order valence-corrected chi connectivity index (χ3v) is 4.87. The van der Waals surface area contributed by atoms with Crippen molar-refractivity contribution in [3.8, 4) is 17.2 Å². The van der Waals surface area contributed by atoms with Crippen LogP contribution in [0.3, 0.4) is 0 Å². The summed E-state index contributed by atoms with van der Waals surface area (Å²) in [4.78, 5) is 16.1. The van der Waals surface area contributed by atoms with E-state index in [1.54, 1.807) is 6.07 Å². The molecule has 0 radical (unpaired) electrons. The number of hydrogen-bond acceptors (Lipinski definition) is 4. The number of aromatic nitrogens is 1. The first-order chi connectivity index (χ1) is 12.7. The van der Waals surface area contributed by atoms with Gasteiger partial charge in [0.15, 0.2) is 5.58 Å². The van der Waals surface area contributed by atoms with Crippen LogP contribution >= 0.6 is 0 Å². The molecule has 8 heteroatoms. The van der Waals surface area contributed by atoms with Crippen molar-refractivity contribution < 1.29 is 27.5 Å². The van der Waals surface area contributed by atoms with Crippen molar-refractivity contribution >= 4 is 17.0 Å². The molecular weight excluding hydrogens is 361 g/mol. The summed E-state index contributed by atoms with van der Waals surface area (Å²) in [6.45, 7) is 0. The Labute approximate surface area is 151 Å². The molecule has 0 saturated heterocycles. The number of amides is 1. The molecule has 1 aromatic heterocycles. The van der Waals surface area contributed by atoms with Crippen LogP contribution in [0.5, 0.6) is 5.75 Å². The Balaban J connectivity index is 1.90. The molecule has 4 rings (SSSR count). The molecule has 1 amide bonds. The Morgan fingerprint density at radius 2 is 1.96 bits per heavy atom. The molecule has 2 aromatic carbocycles. The molecule has 1 aliphatic rings. The number of halogens is 3. The minimum Gasteiger partial charge on any atom is -0.508 e. The van der Waals surface area contributed by atoms with Gasteiger partial charge in [0.25, 0.3) is 0 Å². The van der Waals surface area contributed by atoms with Crippen LogP contribution in [0.4, 0.5) is 13.2 Å². The van der Waals surface area contributed by atoms with Crippen LogP contribution in [0.15, 0.2) is 34.7 Å². The number of oxazole rings is 1. The average molecular weight is 376 g/mol. The molecule has 0 bridgehead atoms. The lowest BCUT2D eigenvalue weighted by Gasteiger charge is -2.27. The number of benzene rings is 2. The number of primary amides is 1.